The van der Waals surface area contributed by atoms with Crippen molar-refractivity contribution < 1.29 is 0 Å². The van der Waals surface area contributed by atoms with Crippen LogP contribution in [0.1, 0.15) is 101 Å². The van der Waals surface area contributed by atoms with E-state index in [9.17, 15) is 0 Å². The third-order valence-corrected chi connectivity index (χ3v) is 9.32. The van der Waals surface area contributed by atoms with Gasteiger partial charge >= 0.3 is 0 Å². The zero-order valence-electron chi connectivity index (χ0n) is 28.1. The second-order valence-electron chi connectivity index (χ2n) is 13.7. The first-order valence-corrected chi connectivity index (χ1v) is 16.6. The van der Waals surface area contributed by atoms with E-state index in [-0.39, 0.29) is 0 Å². The van der Waals surface area contributed by atoms with Gasteiger partial charge in [0.2, 0.25) is 0 Å². The Hall–Kier alpha value is -4.84. The number of rotatable bonds is 6. The van der Waals surface area contributed by atoms with Gasteiger partial charge in [0.05, 0.1) is 11.4 Å². The molecule has 0 aliphatic heterocycles. The highest BCUT2D eigenvalue weighted by Crippen LogP contribution is 2.48. The van der Waals surface area contributed by atoms with E-state index in [4.69, 9.17) is 20.6 Å². The summed E-state index contributed by atoms with van der Waals surface area (Å²) < 4.78 is 4.19. The van der Waals surface area contributed by atoms with Gasteiger partial charge in [-0.15, -0.1) is 10.2 Å². The Kier molecular flexibility index (Phi) is 7.47. The second-order valence-corrected chi connectivity index (χ2v) is 13.7. The van der Waals surface area contributed by atoms with Crippen molar-refractivity contribution >= 4 is 0 Å². The minimum atomic E-state index is 0.312. The molecule has 6 aromatic rings. The number of benzene rings is 4. The van der Waals surface area contributed by atoms with E-state index in [1.807, 2.05) is 0 Å². The van der Waals surface area contributed by atoms with E-state index in [1.165, 1.54) is 22.3 Å². The van der Waals surface area contributed by atoms with E-state index >= 15 is 0 Å². The van der Waals surface area contributed by atoms with Crippen LogP contribution < -0.4 is 0 Å². The van der Waals surface area contributed by atoms with Crippen molar-refractivity contribution in [3.8, 4) is 56.4 Å². The van der Waals surface area contributed by atoms with Crippen molar-refractivity contribution in [1.82, 2.24) is 30.0 Å². The van der Waals surface area contributed by atoms with Crippen molar-refractivity contribution in [1.29, 1.82) is 0 Å². The Bertz CT molecular complexity index is 1870. The van der Waals surface area contributed by atoms with Crippen LogP contribution in [0.2, 0.25) is 0 Å². The van der Waals surface area contributed by atoms with Crippen LogP contribution in [0.25, 0.3) is 56.4 Å². The fourth-order valence-corrected chi connectivity index (χ4v) is 7.03. The summed E-state index contributed by atoms with van der Waals surface area (Å²) in [6, 6.07) is 30.3. The Morgan fingerprint density at radius 1 is 0.391 bits per heavy atom. The van der Waals surface area contributed by atoms with Crippen LogP contribution >= 0.6 is 0 Å². The molecule has 232 valence electrons. The molecule has 46 heavy (non-hydrogen) atoms. The van der Waals surface area contributed by atoms with Gasteiger partial charge in [-0.2, -0.15) is 0 Å². The van der Waals surface area contributed by atoms with Crippen LogP contribution in [-0.2, 0) is 0 Å². The van der Waals surface area contributed by atoms with Gasteiger partial charge in [0.25, 0.3) is 0 Å². The third kappa shape index (κ3) is 4.61. The van der Waals surface area contributed by atoms with Crippen LogP contribution in [0.4, 0.5) is 0 Å². The fourth-order valence-electron chi connectivity index (χ4n) is 7.03. The van der Waals surface area contributed by atoms with Crippen LogP contribution in [0.3, 0.4) is 0 Å². The zero-order valence-corrected chi connectivity index (χ0v) is 28.1. The quantitative estimate of drug-likeness (QED) is 0.189. The maximum absolute atomic E-state index is 4.99. The lowest BCUT2D eigenvalue weighted by molar-refractivity contribution is 0.745. The Balaban J connectivity index is 1.60. The van der Waals surface area contributed by atoms with Crippen molar-refractivity contribution in [2.24, 2.45) is 0 Å². The fraction of sp³-hybridized carbons (Fsp3) is 0.300. The molecule has 0 saturated heterocycles. The minimum Gasteiger partial charge on any atom is -0.212 e. The normalized spacial score (nSPS) is 12.3. The smallest absolute Gasteiger partial charge is 0.122 e. The number of hydrogen-bond acceptors (Lipinski definition) is 4. The van der Waals surface area contributed by atoms with Crippen LogP contribution in [-0.4, -0.2) is 30.0 Å². The standard InChI is InChI=1S/C40H42N6/c1-23(2)27-19-13-20-28(24(3)4)37(27)45-39-33-17-11-9-15-31(33)36-40(34-18-12-10-16-32(34)35(39)41-43-45)46(44-42-36)38-29(25(5)6)21-14-22-30(38)26(7)8/h9-26H,1-8H3. The van der Waals surface area contributed by atoms with Crippen molar-refractivity contribution in [3.05, 3.63) is 107 Å². The lowest BCUT2D eigenvalue weighted by atomic mass is 9.88. The SMILES string of the molecule is CC(C)c1cccc(C(C)C)c1-n1nnc2c1-c1ccccc1-c1nnn(-c3c(C(C)C)cccc3C(C)C)c1-c1ccccc1-2. The molecule has 2 aromatic heterocycles. The number of para-hydroxylation sites is 2. The maximum Gasteiger partial charge on any atom is 0.122 e. The highest BCUT2D eigenvalue weighted by molar-refractivity contribution is 5.99. The summed E-state index contributed by atoms with van der Waals surface area (Å²) >= 11 is 0. The average molecular weight is 607 g/mol. The molecule has 2 heterocycles. The maximum atomic E-state index is 4.99. The molecule has 0 fully saturated rings. The zero-order chi connectivity index (χ0) is 32.3. The van der Waals surface area contributed by atoms with Crippen LogP contribution in [0.15, 0.2) is 84.9 Å². The average Bonchev–Trinajstić information content (AvgIpc) is 3.68. The molecule has 0 bridgehead atoms. The Morgan fingerprint density at radius 2 is 0.696 bits per heavy atom. The summed E-state index contributed by atoms with van der Waals surface area (Å²) in [4.78, 5) is 0. The molecule has 1 aliphatic carbocycles. The van der Waals surface area contributed by atoms with Gasteiger partial charge in [0.15, 0.2) is 0 Å². The van der Waals surface area contributed by atoms with Gasteiger partial charge in [0.1, 0.15) is 22.8 Å². The highest BCUT2D eigenvalue weighted by Gasteiger charge is 2.33. The first-order chi connectivity index (χ1) is 22.2. The number of nitrogens with zero attached hydrogens (tertiary/aromatic N) is 6. The lowest BCUT2D eigenvalue weighted by Gasteiger charge is -2.24. The summed E-state index contributed by atoms with van der Waals surface area (Å²) in [7, 11) is 0. The molecule has 0 N–H and O–H groups in total. The lowest BCUT2D eigenvalue weighted by Crippen LogP contribution is -2.11. The summed E-state index contributed by atoms with van der Waals surface area (Å²) in [5.41, 5.74) is 15.0. The third-order valence-electron chi connectivity index (χ3n) is 9.32. The number of aromatic nitrogens is 6. The number of fused-ring (bicyclic) bond motifs is 8. The van der Waals surface area contributed by atoms with Gasteiger partial charge in [-0.3, -0.25) is 0 Å². The second kappa shape index (κ2) is 11.5. The monoisotopic (exact) mass is 606 g/mol. The van der Waals surface area contributed by atoms with Gasteiger partial charge in [-0.1, -0.05) is 151 Å². The topological polar surface area (TPSA) is 61.4 Å². The summed E-state index contributed by atoms with van der Waals surface area (Å²) in [6.07, 6.45) is 0. The molecular formula is C40H42N6. The molecule has 0 spiro atoms. The van der Waals surface area contributed by atoms with E-state index in [0.717, 1.165) is 56.4 Å². The predicted octanol–water partition coefficient (Wildman–Crippen LogP) is 10.3. The number of hydrogen-bond donors (Lipinski definition) is 0. The molecule has 1 aliphatic rings. The molecule has 6 nitrogen and oxygen atoms in total. The molecule has 0 radical (unpaired) electrons. The summed E-state index contributed by atoms with van der Waals surface area (Å²) in [5.74, 6) is 1.25. The first kappa shape index (κ1) is 29.8. The van der Waals surface area contributed by atoms with Crippen LogP contribution in [0.5, 0.6) is 0 Å². The summed E-state index contributed by atoms with van der Waals surface area (Å²) in [5, 5.41) is 19.9. The molecule has 0 unspecified atom stereocenters. The first-order valence-electron chi connectivity index (χ1n) is 16.6. The van der Waals surface area contributed by atoms with E-state index < -0.39 is 0 Å². The van der Waals surface area contributed by atoms with Gasteiger partial charge < -0.3 is 0 Å². The molecule has 0 saturated carbocycles. The van der Waals surface area contributed by atoms with Gasteiger partial charge in [0, 0.05) is 22.3 Å². The van der Waals surface area contributed by atoms with E-state index in [2.05, 4.69) is 150 Å². The predicted molar refractivity (Wildman–Crippen MR) is 188 cm³/mol. The van der Waals surface area contributed by atoms with Crippen molar-refractivity contribution in [2.75, 3.05) is 0 Å². The van der Waals surface area contributed by atoms with Gasteiger partial charge in [-0.25, -0.2) is 9.36 Å². The largest absolute Gasteiger partial charge is 0.212 e. The van der Waals surface area contributed by atoms with E-state index in [0.29, 0.717) is 23.7 Å². The molecule has 0 amide bonds. The molecule has 4 aromatic carbocycles. The molecular weight excluding hydrogens is 564 g/mol. The van der Waals surface area contributed by atoms with Crippen molar-refractivity contribution in [2.45, 2.75) is 79.1 Å². The highest BCUT2D eigenvalue weighted by atomic mass is 15.4. The Labute approximate surface area is 272 Å². The van der Waals surface area contributed by atoms with Crippen molar-refractivity contribution in [3.63, 3.8) is 0 Å². The minimum absolute atomic E-state index is 0.312. The molecule has 6 heteroatoms. The Morgan fingerprint density at radius 3 is 1.00 bits per heavy atom. The van der Waals surface area contributed by atoms with Gasteiger partial charge in [-0.05, 0) is 45.9 Å². The summed E-state index contributed by atoms with van der Waals surface area (Å²) in [6.45, 7) is 18.0. The molecule has 7 rings (SSSR count). The van der Waals surface area contributed by atoms with E-state index in [1.54, 1.807) is 0 Å². The molecule has 0 atom stereocenters. The van der Waals surface area contributed by atoms with Crippen LogP contribution in [0, 0.1) is 0 Å².